The van der Waals surface area contributed by atoms with Gasteiger partial charge in [0, 0.05) is 36.3 Å². The molecule has 2 atom stereocenters. The van der Waals surface area contributed by atoms with Gasteiger partial charge >= 0.3 is 0 Å². The quantitative estimate of drug-likeness (QED) is 0.759. The van der Waals surface area contributed by atoms with E-state index in [0.29, 0.717) is 17.8 Å². The van der Waals surface area contributed by atoms with E-state index in [0.717, 1.165) is 12.8 Å². The van der Waals surface area contributed by atoms with Crippen LogP contribution in [0.2, 0.25) is 0 Å². The summed E-state index contributed by atoms with van der Waals surface area (Å²) in [6.07, 6.45) is 2.40. The van der Waals surface area contributed by atoms with Crippen molar-refractivity contribution in [2.45, 2.75) is 31.7 Å². The Bertz CT molecular complexity index is 908. The number of rotatable bonds is 5. The van der Waals surface area contributed by atoms with Crippen molar-refractivity contribution in [1.29, 1.82) is 0 Å². The number of nitrogens with one attached hydrogen (secondary N) is 2. The van der Waals surface area contributed by atoms with E-state index >= 15 is 0 Å². The van der Waals surface area contributed by atoms with Crippen LogP contribution in [0.4, 0.5) is 11.4 Å². The van der Waals surface area contributed by atoms with Gasteiger partial charge in [0.1, 0.15) is 0 Å². The van der Waals surface area contributed by atoms with Crippen molar-refractivity contribution in [3.05, 3.63) is 24.3 Å². The van der Waals surface area contributed by atoms with Crippen LogP contribution in [0.1, 0.15) is 25.7 Å². The van der Waals surface area contributed by atoms with Crippen molar-refractivity contribution in [2.24, 2.45) is 11.8 Å². The fraction of sp³-hybridized carbons (Fsp3) is 0.526. The van der Waals surface area contributed by atoms with E-state index in [1.807, 2.05) is 0 Å². The van der Waals surface area contributed by atoms with Crippen LogP contribution < -0.4 is 10.6 Å². The van der Waals surface area contributed by atoms with Crippen LogP contribution in [0.3, 0.4) is 0 Å². The zero-order chi connectivity index (χ0) is 19.9. The van der Waals surface area contributed by atoms with E-state index < -0.39 is 15.8 Å². The number of hydrogen-bond donors (Lipinski definition) is 2. The van der Waals surface area contributed by atoms with Gasteiger partial charge in [0.25, 0.3) is 0 Å². The fourth-order valence-electron chi connectivity index (χ4n) is 3.75. The van der Waals surface area contributed by atoms with Gasteiger partial charge in [-0.2, -0.15) is 0 Å². The van der Waals surface area contributed by atoms with E-state index in [2.05, 4.69) is 10.6 Å². The molecule has 3 amide bonds. The zero-order valence-corrected chi connectivity index (χ0v) is 16.2. The van der Waals surface area contributed by atoms with Crippen LogP contribution in [0, 0.1) is 11.8 Å². The Hall–Kier alpha value is -2.42. The van der Waals surface area contributed by atoms with E-state index in [4.69, 9.17) is 0 Å². The van der Waals surface area contributed by atoms with Crippen LogP contribution in [0.25, 0.3) is 0 Å². The molecule has 1 aromatic rings. The minimum Gasteiger partial charge on any atom is -0.338 e. The van der Waals surface area contributed by atoms with Crippen LogP contribution in [-0.2, 0) is 24.2 Å². The molecular formula is C19H23N3O5S. The third-order valence-corrected chi connectivity index (χ3v) is 7.30. The zero-order valence-electron chi connectivity index (χ0n) is 15.4. The number of sulfone groups is 1. The first-order valence-corrected chi connectivity index (χ1v) is 11.3. The monoisotopic (exact) mass is 405 g/mol. The third-order valence-electron chi connectivity index (χ3n) is 5.55. The van der Waals surface area contributed by atoms with Crippen molar-refractivity contribution in [2.75, 3.05) is 28.7 Å². The third kappa shape index (κ3) is 4.19. The molecule has 2 heterocycles. The molecule has 3 aliphatic rings. The van der Waals surface area contributed by atoms with Gasteiger partial charge in [-0.05, 0) is 43.5 Å². The molecular weight excluding hydrogens is 382 g/mol. The van der Waals surface area contributed by atoms with Gasteiger partial charge in [-0.15, -0.1) is 0 Å². The lowest BCUT2D eigenvalue weighted by Crippen LogP contribution is -2.38. The molecule has 4 rings (SSSR count). The first-order chi connectivity index (χ1) is 13.3. The van der Waals surface area contributed by atoms with Gasteiger partial charge in [0.15, 0.2) is 9.84 Å². The van der Waals surface area contributed by atoms with Crippen molar-refractivity contribution in [3.63, 3.8) is 0 Å². The number of carbonyl (C=O) groups is 3. The number of benzene rings is 1. The number of anilines is 2. The molecule has 0 radical (unpaired) electrons. The Labute approximate surface area is 163 Å². The van der Waals surface area contributed by atoms with E-state index in [1.54, 1.807) is 29.2 Å². The molecule has 8 nitrogen and oxygen atoms in total. The highest BCUT2D eigenvalue weighted by Crippen LogP contribution is 2.30. The predicted molar refractivity (Wildman–Crippen MR) is 103 cm³/mol. The topological polar surface area (TPSA) is 113 Å². The molecule has 3 fully saturated rings. The van der Waals surface area contributed by atoms with Gasteiger partial charge in [0.05, 0.1) is 17.4 Å². The second-order valence-corrected chi connectivity index (χ2v) is 10.1. The van der Waals surface area contributed by atoms with E-state index in [1.165, 1.54) is 0 Å². The molecule has 2 N–H and O–H groups in total. The standard InChI is InChI=1S/C19H23N3O5S/c23-17-9-13(10-22(17)16-7-8-28(26,27)11-16)19(25)21-15-5-3-14(4-6-15)20-18(24)12-1-2-12/h3-6,12-13,16H,1-2,7-11H2,(H,20,24)(H,21,25)/t13-,16-/m1/s1. The van der Waals surface area contributed by atoms with E-state index in [9.17, 15) is 22.8 Å². The van der Waals surface area contributed by atoms with Crippen LogP contribution in [0.5, 0.6) is 0 Å². The molecule has 1 aromatic carbocycles. The molecule has 2 aliphatic heterocycles. The maximum absolute atomic E-state index is 12.5. The predicted octanol–water partition coefficient (Wildman–Crippen LogP) is 1.01. The lowest BCUT2D eigenvalue weighted by Gasteiger charge is -2.22. The molecule has 150 valence electrons. The van der Waals surface area contributed by atoms with Gasteiger partial charge in [-0.25, -0.2) is 8.42 Å². The number of amides is 3. The van der Waals surface area contributed by atoms with Crippen LogP contribution in [-0.4, -0.2) is 55.1 Å². The minimum absolute atomic E-state index is 0.0128. The summed E-state index contributed by atoms with van der Waals surface area (Å²) >= 11 is 0. The summed E-state index contributed by atoms with van der Waals surface area (Å²) in [7, 11) is -3.08. The largest absolute Gasteiger partial charge is 0.338 e. The maximum Gasteiger partial charge on any atom is 0.229 e. The highest BCUT2D eigenvalue weighted by molar-refractivity contribution is 7.91. The van der Waals surface area contributed by atoms with Crippen molar-refractivity contribution in [1.82, 2.24) is 4.90 Å². The Morgan fingerprint density at radius 2 is 1.50 bits per heavy atom. The minimum atomic E-state index is -3.08. The lowest BCUT2D eigenvalue weighted by molar-refractivity contribution is -0.129. The molecule has 28 heavy (non-hydrogen) atoms. The van der Waals surface area contributed by atoms with Gasteiger partial charge in [-0.1, -0.05) is 0 Å². The Morgan fingerprint density at radius 3 is 2.00 bits per heavy atom. The highest BCUT2D eigenvalue weighted by atomic mass is 32.2. The fourth-order valence-corrected chi connectivity index (χ4v) is 5.48. The van der Waals surface area contributed by atoms with Gasteiger partial charge in [0.2, 0.25) is 17.7 Å². The summed E-state index contributed by atoms with van der Waals surface area (Å²) < 4.78 is 23.3. The SMILES string of the molecule is O=C(Nc1ccc(NC(=O)[C@@H]2CC(=O)N([C@@H]3CCS(=O)(=O)C3)C2)cc1)C1CC1. The summed E-state index contributed by atoms with van der Waals surface area (Å²) in [5.74, 6) is -0.687. The first kappa shape index (κ1) is 18.9. The Balaban J connectivity index is 1.32. The molecule has 1 saturated carbocycles. The molecule has 0 unspecified atom stereocenters. The molecule has 0 bridgehead atoms. The number of nitrogens with zero attached hydrogens (tertiary/aromatic N) is 1. The van der Waals surface area contributed by atoms with Gasteiger partial charge in [-0.3, -0.25) is 14.4 Å². The van der Waals surface area contributed by atoms with Gasteiger partial charge < -0.3 is 15.5 Å². The Morgan fingerprint density at radius 1 is 0.929 bits per heavy atom. The van der Waals surface area contributed by atoms with Crippen molar-refractivity contribution < 1.29 is 22.8 Å². The summed E-state index contributed by atoms with van der Waals surface area (Å²) in [6, 6.07) is 6.55. The second-order valence-electron chi connectivity index (χ2n) is 7.83. The van der Waals surface area contributed by atoms with Crippen molar-refractivity contribution in [3.8, 4) is 0 Å². The summed E-state index contributed by atoms with van der Waals surface area (Å²) in [4.78, 5) is 38.1. The average molecular weight is 405 g/mol. The molecule has 2 saturated heterocycles. The second kappa shape index (κ2) is 7.20. The normalized spacial score (nSPS) is 26.3. The number of carbonyl (C=O) groups excluding carboxylic acids is 3. The smallest absolute Gasteiger partial charge is 0.229 e. The summed E-state index contributed by atoms with van der Waals surface area (Å²) in [5, 5.41) is 5.64. The van der Waals surface area contributed by atoms with Crippen LogP contribution >= 0.6 is 0 Å². The average Bonchev–Trinajstić information content (AvgIpc) is 3.34. The Kier molecular flexibility index (Phi) is 4.86. The summed E-state index contributed by atoms with van der Waals surface area (Å²) in [5.41, 5.74) is 1.27. The molecule has 0 aromatic heterocycles. The summed E-state index contributed by atoms with van der Waals surface area (Å²) in [6.45, 7) is 0.250. The molecule has 1 aliphatic carbocycles. The molecule has 0 spiro atoms. The molecule has 9 heteroatoms. The first-order valence-electron chi connectivity index (χ1n) is 9.52. The highest BCUT2D eigenvalue weighted by Gasteiger charge is 2.41. The number of likely N-dealkylation sites (tertiary alicyclic amines) is 1. The lowest BCUT2D eigenvalue weighted by atomic mass is 10.1. The maximum atomic E-state index is 12.5. The van der Waals surface area contributed by atoms with E-state index in [-0.39, 0.29) is 54.2 Å². The van der Waals surface area contributed by atoms with Crippen molar-refractivity contribution >= 4 is 38.9 Å². The number of hydrogen-bond acceptors (Lipinski definition) is 5. The van der Waals surface area contributed by atoms with Crippen LogP contribution in [0.15, 0.2) is 24.3 Å².